The van der Waals surface area contributed by atoms with Gasteiger partial charge >= 0.3 is 0 Å². The Balaban J connectivity index is 1.46. The highest BCUT2D eigenvalue weighted by Crippen LogP contribution is 2.40. The number of ether oxygens (including phenoxy) is 1. The first-order valence-electron chi connectivity index (χ1n) is 13.0. The number of aryl methyl sites for hydroxylation is 1. The summed E-state index contributed by atoms with van der Waals surface area (Å²) in [4.78, 5) is 17.7. The van der Waals surface area contributed by atoms with Crippen molar-refractivity contribution in [2.75, 3.05) is 16.8 Å². The van der Waals surface area contributed by atoms with Crippen LogP contribution in [-0.4, -0.2) is 26.6 Å². The van der Waals surface area contributed by atoms with E-state index >= 15 is 0 Å². The number of anilines is 5. The van der Waals surface area contributed by atoms with Crippen LogP contribution in [0.1, 0.15) is 0 Å². The maximum atomic E-state index is 6.47. The monoisotopic (exact) mass is 524 g/mol. The third kappa shape index (κ3) is 5.26. The van der Waals surface area contributed by atoms with Crippen LogP contribution < -0.4 is 14.5 Å². The SMILES string of the molecule is CN(c1cc(Oc2cncc(-c3nccn3C)c2)cc(N(c2ccccc2)c2ccccc2)c1)c1ccccn1. The number of para-hydroxylation sites is 2. The molecule has 6 aromatic rings. The Hall–Kier alpha value is -5.43. The molecular weight excluding hydrogens is 496 g/mol. The van der Waals surface area contributed by atoms with Crippen LogP contribution in [0.2, 0.25) is 0 Å². The standard InChI is InChI=1S/C33H28N6O/c1-37-18-17-36-33(37)25-19-31(24-34-23-25)40-30-21-28(38(2)32-15-9-10-16-35-32)20-29(22-30)39(26-11-5-3-6-12-26)27-13-7-4-8-14-27/h3-24H,1-2H3. The fourth-order valence-electron chi connectivity index (χ4n) is 4.61. The minimum atomic E-state index is 0.620. The summed E-state index contributed by atoms with van der Waals surface area (Å²) in [6.45, 7) is 0. The van der Waals surface area contributed by atoms with E-state index in [9.17, 15) is 0 Å². The van der Waals surface area contributed by atoms with E-state index in [0.717, 1.165) is 40.0 Å². The van der Waals surface area contributed by atoms with Crippen LogP contribution in [0.15, 0.2) is 134 Å². The van der Waals surface area contributed by atoms with Crippen molar-refractivity contribution in [2.45, 2.75) is 0 Å². The van der Waals surface area contributed by atoms with Crippen molar-refractivity contribution >= 4 is 28.6 Å². The number of imidazole rings is 1. The second-order valence-electron chi connectivity index (χ2n) is 9.31. The molecule has 7 heteroatoms. The van der Waals surface area contributed by atoms with E-state index in [0.29, 0.717) is 11.5 Å². The molecule has 3 heterocycles. The number of aromatic nitrogens is 4. The van der Waals surface area contributed by atoms with E-state index in [2.05, 4.69) is 50.2 Å². The molecule has 0 fully saturated rings. The van der Waals surface area contributed by atoms with Crippen molar-refractivity contribution in [1.29, 1.82) is 0 Å². The highest BCUT2D eigenvalue weighted by atomic mass is 16.5. The summed E-state index contributed by atoms with van der Waals surface area (Å²) in [6, 6.07) is 34.7. The summed E-state index contributed by atoms with van der Waals surface area (Å²) in [7, 11) is 3.96. The molecule has 0 N–H and O–H groups in total. The number of benzene rings is 3. The average Bonchev–Trinajstić information content (AvgIpc) is 3.44. The van der Waals surface area contributed by atoms with Crippen LogP contribution in [-0.2, 0) is 7.05 Å². The minimum absolute atomic E-state index is 0.620. The molecule has 6 rings (SSSR count). The van der Waals surface area contributed by atoms with Gasteiger partial charge in [-0.2, -0.15) is 0 Å². The molecule has 0 atom stereocenters. The summed E-state index contributed by atoms with van der Waals surface area (Å²) in [5.41, 5.74) is 4.82. The molecule has 0 aliphatic heterocycles. The van der Waals surface area contributed by atoms with E-state index in [1.807, 2.05) is 103 Å². The summed E-state index contributed by atoms with van der Waals surface area (Å²) in [5.74, 6) is 2.94. The molecule has 0 aliphatic rings. The first-order valence-corrected chi connectivity index (χ1v) is 13.0. The number of rotatable bonds is 8. The van der Waals surface area contributed by atoms with Gasteiger partial charge < -0.3 is 19.1 Å². The Morgan fingerprint density at radius 2 is 1.35 bits per heavy atom. The first kappa shape index (κ1) is 24.9. The van der Waals surface area contributed by atoms with Gasteiger partial charge in [-0.05, 0) is 48.5 Å². The summed E-state index contributed by atoms with van der Waals surface area (Å²) >= 11 is 0. The molecule has 0 unspecified atom stereocenters. The minimum Gasteiger partial charge on any atom is -0.456 e. The molecule has 3 aromatic heterocycles. The highest BCUT2D eigenvalue weighted by Gasteiger charge is 2.17. The zero-order chi connectivity index (χ0) is 27.3. The lowest BCUT2D eigenvalue weighted by atomic mass is 10.1. The average molecular weight is 525 g/mol. The molecule has 0 aliphatic carbocycles. The Kier molecular flexibility index (Phi) is 6.92. The van der Waals surface area contributed by atoms with E-state index in [1.54, 1.807) is 24.8 Å². The van der Waals surface area contributed by atoms with Crippen LogP contribution in [0.5, 0.6) is 11.5 Å². The molecule has 196 valence electrons. The fraction of sp³-hybridized carbons (Fsp3) is 0.0606. The zero-order valence-electron chi connectivity index (χ0n) is 22.3. The van der Waals surface area contributed by atoms with Gasteiger partial charge in [0.2, 0.25) is 0 Å². The number of hydrogen-bond acceptors (Lipinski definition) is 6. The van der Waals surface area contributed by atoms with Gasteiger partial charge in [-0.15, -0.1) is 0 Å². The van der Waals surface area contributed by atoms with Crippen LogP contribution >= 0.6 is 0 Å². The lowest BCUT2D eigenvalue weighted by Gasteiger charge is -2.28. The third-order valence-corrected chi connectivity index (χ3v) is 6.57. The summed E-state index contributed by atoms with van der Waals surface area (Å²) in [6.07, 6.45) is 8.98. The normalized spacial score (nSPS) is 10.8. The van der Waals surface area contributed by atoms with Crippen molar-refractivity contribution in [3.63, 3.8) is 0 Å². The maximum absolute atomic E-state index is 6.47. The Morgan fingerprint density at radius 1 is 0.650 bits per heavy atom. The number of hydrogen-bond donors (Lipinski definition) is 0. The highest BCUT2D eigenvalue weighted by molar-refractivity contribution is 5.80. The predicted octanol–water partition coefficient (Wildman–Crippen LogP) is 7.91. The maximum Gasteiger partial charge on any atom is 0.146 e. The molecule has 0 bridgehead atoms. The van der Waals surface area contributed by atoms with Crippen LogP contribution in [0.25, 0.3) is 11.4 Å². The van der Waals surface area contributed by atoms with Crippen LogP contribution in [0.4, 0.5) is 28.6 Å². The van der Waals surface area contributed by atoms with Gasteiger partial charge in [0.25, 0.3) is 0 Å². The van der Waals surface area contributed by atoms with E-state index in [1.165, 1.54) is 0 Å². The largest absolute Gasteiger partial charge is 0.456 e. The Bertz CT molecular complexity index is 1660. The number of nitrogens with zero attached hydrogens (tertiary/aromatic N) is 6. The molecule has 0 spiro atoms. The van der Waals surface area contributed by atoms with Gasteiger partial charge in [-0.1, -0.05) is 42.5 Å². The van der Waals surface area contributed by atoms with Crippen molar-refractivity contribution in [3.8, 4) is 22.9 Å². The Morgan fingerprint density at radius 3 is 2.00 bits per heavy atom. The van der Waals surface area contributed by atoms with Crippen molar-refractivity contribution < 1.29 is 4.74 Å². The summed E-state index contributed by atoms with van der Waals surface area (Å²) in [5, 5.41) is 0. The van der Waals surface area contributed by atoms with Crippen LogP contribution in [0, 0.1) is 0 Å². The summed E-state index contributed by atoms with van der Waals surface area (Å²) < 4.78 is 8.43. The van der Waals surface area contributed by atoms with Crippen molar-refractivity contribution in [2.24, 2.45) is 7.05 Å². The molecule has 0 radical (unpaired) electrons. The predicted molar refractivity (Wildman–Crippen MR) is 160 cm³/mol. The molecular formula is C33H28N6O. The third-order valence-electron chi connectivity index (χ3n) is 6.57. The molecule has 3 aromatic carbocycles. The lowest BCUT2D eigenvalue weighted by Crippen LogP contribution is -2.14. The van der Waals surface area contributed by atoms with Gasteiger partial charge in [-0.25, -0.2) is 9.97 Å². The zero-order valence-corrected chi connectivity index (χ0v) is 22.3. The number of pyridine rings is 2. The van der Waals surface area contributed by atoms with E-state index in [-0.39, 0.29) is 0 Å². The quantitative estimate of drug-likeness (QED) is 0.202. The smallest absolute Gasteiger partial charge is 0.146 e. The van der Waals surface area contributed by atoms with Crippen molar-refractivity contribution in [3.05, 3.63) is 134 Å². The van der Waals surface area contributed by atoms with Gasteiger partial charge in [0.15, 0.2) is 0 Å². The van der Waals surface area contributed by atoms with Crippen LogP contribution in [0.3, 0.4) is 0 Å². The topological polar surface area (TPSA) is 59.3 Å². The van der Waals surface area contributed by atoms with Gasteiger partial charge in [0.05, 0.1) is 11.9 Å². The second-order valence-corrected chi connectivity index (χ2v) is 9.31. The van der Waals surface area contributed by atoms with Crippen molar-refractivity contribution in [1.82, 2.24) is 19.5 Å². The van der Waals surface area contributed by atoms with E-state index in [4.69, 9.17) is 4.74 Å². The molecule has 40 heavy (non-hydrogen) atoms. The van der Waals surface area contributed by atoms with E-state index < -0.39 is 0 Å². The fourth-order valence-corrected chi connectivity index (χ4v) is 4.61. The molecule has 0 saturated carbocycles. The van der Waals surface area contributed by atoms with Gasteiger partial charge in [-0.3, -0.25) is 4.98 Å². The lowest BCUT2D eigenvalue weighted by molar-refractivity contribution is 0.480. The first-order chi connectivity index (χ1) is 19.7. The molecule has 7 nitrogen and oxygen atoms in total. The van der Waals surface area contributed by atoms with Gasteiger partial charge in [0, 0.05) is 73.6 Å². The van der Waals surface area contributed by atoms with Gasteiger partial charge in [0.1, 0.15) is 23.1 Å². The second kappa shape index (κ2) is 11.1. The molecule has 0 amide bonds. The Labute approximate surface area is 233 Å². The molecule has 0 saturated heterocycles.